The van der Waals surface area contributed by atoms with Crippen LogP contribution in [0.4, 0.5) is 19.0 Å². The lowest BCUT2D eigenvalue weighted by atomic mass is 10.1. The van der Waals surface area contributed by atoms with Gasteiger partial charge in [-0.1, -0.05) is 12.1 Å². The molecule has 7 nitrogen and oxygen atoms in total. The predicted octanol–water partition coefficient (Wildman–Crippen LogP) is 3.15. The summed E-state index contributed by atoms with van der Waals surface area (Å²) in [6, 6.07) is 5.72. The molecule has 30 heavy (non-hydrogen) atoms. The van der Waals surface area contributed by atoms with Crippen LogP contribution in [-0.4, -0.2) is 44.6 Å². The van der Waals surface area contributed by atoms with Crippen LogP contribution in [0.15, 0.2) is 35.2 Å². The number of ether oxygens (including phenoxy) is 1. The minimum Gasteiger partial charge on any atom is -0.476 e. The number of aromatic nitrogens is 2. The smallest absolute Gasteiger partial charge is 0.417 e. The molecule has 0 radical (unpaired) electrons. The van der Waals surface area contributed by atoms with Gasteiger partial charge in [0.05, 0.1) is 10.5 Å². The van der Waals surface area contributed by atoms with E-state index < -0.39 is 26.7 Å². The highest BCUT2D eigenvalue weighted by atomic mass is 32.2. The number of piperidine rings is 1. The van der Waals surface area contributed by atoms with Crippen LogP contribution in [0.3, 0.4) is 0 Å². The number of hydrogen-bond donors (Lipinski definition) is 1. The number of nitrogens with one attached hydrogen (secondary N) is 1. The Morgan fingerprint density at radius 3 is 2.53 bits per heavy atom. The lowest BCUT2D eigenvalue weighted by molar-refractivity contribution is -0.139. The first-order chi connectivity index (χ1) is 14.2. The van der Waals surface area contributed by atoms with E-state index in [9.17, 15) is 21.6 Å². The van der Waals surface area contributed by atoms with E-state index in [1.54, 1.807) is 13.0 Å². The lowest BCUT2D eigenvalue weighted by Crippen LogP contribution is -2.31. The standard InChI is InChI=1S/C19H23F3N4O3S/c1-14-24-17(26-10-5-2-6-11-26)13-18(25-14)29-12-9-23-30(27,28)16-8-4-3-7-15(16)19(20,21)22/h3-4,7-8,13,23H,2,5-6,9-12H2,1H3. The van der Waals surface area contributed by atoms with Crippen LogP contribution in [-0.2, 0) is 16.2 Å². The molecule has 1 fully saturated rings. The van der Waals surface area contributed by atoms with Crippen LogP contribution in [0.2, 0.25) is 0 Å². The molecule has 2 aromatic rings. The summed E-state index contributed by atoms with van der Waals surface area (Å²) in [5.41, 5.74) is -1.21. The van der Waals surface area contributed by atoms with Crippen molar-refractivity contribution in [1.29, 1.82) is 0 Å². The lowest BCUT2D eigenvalue weighted by Gasteiger charge is -2.28. The molecule has 11 heteroatoms. The van der Waals surface area contributed by atoms with Gasteiger partial charge in [-0.25, -0.2) is 18.1 Å². The maximum Gasteiger partial charge on any atom is 0.417 e. The monoisotopic (exact) mass is 444 g/mol. The van der Waals surface area contributed by atoms with E-state index in [-0.39, 0.29) is 19.0 Å². The van der Waals surface area contributed by atoms with E-state index >= 15 is 0 Å². The molecule has 1 aliphatic rings. The summed E-state index contributed by atoms with van der Waals surface area (Å²) in [5, 5.41) is 0. The summed E-state index contributed by atoms with van der Waals surface area (Å²) >= 11 is 0. The van der Waals surface area contributed by atoms with Crippen molar-refractivity contribution in [1.82, 2.24) is 14.7 Å². The van der Waals surface area contributed by atoms with Crippen LogP contribution in [0.5, 0.6) is 5.88 Å². The zero-order valence-corrected chi connectivity index (χ0v) is 17.3. The van der Waals surface area contributed by atoms with Crippen molar-refractivity contribution < 1.29 is 26.3 Å². The Kier molecular flexibility index (Phi) is 6.81. The number of anilines is 1. The van der Waals surface area contributed by atoms with Crippen molar-refractivity contribution in [2.45, 2.75) is 37.3 Å². The van der Waals surface area contributed by atoms with Gasteiger partial charge in [0.1, 0.15) is 18.2 Å². The second-order valence-electron chi connectivity index (χ2n) is 6.90. The summed E-state index contributed by atoms with van der Waals surface area (Å²) in [5.74, 6) is 1.56. The van der Waals surface area contributed by atoms with Gasteiger partial charge in [-0.15, -0.1) is 0 Å². The van der Waals surface area contributed by atoms with Crippen molar-refractivity contribution in [2.24, 2.45) is 0 Å². The number of alkyl halides is 3. The fourth-order valence-corrected chi connectivity index (χ4v) is 4.47. The zero-order chi connectivity index (χ0) is 21.8. The second kappa shape index (κ2) is 9.17. The highest BCUT2D eigenvalue weighted by Gasteiger charge is 2.36. The highest BCUT2D eigenvalue weighted by molar-refractivity contribution is 7.89. The molecule has 164 valence electrons. The van der Waals surface area contributed by atoms with E-state index in [0.717, 1.165) is 49.9 Å². The minimum absolute atomic E-state index is 0.0939. The van der Waals surface area contributed by atoms with Crippen molar-refractivity contribution in [3.05, 3.63) is 41.7 Å². The Bertz CT molecular complexity index is 977. The number of sulfonamides is 1. The van der Waals surface area contributed by atoms with Gasteiger partial charge < -0.3 is 9.64 Å². The van der Waals surface area contributed by atoms with Crippen LogP contribution < -0.4 is 14.4 Å². The Morgan fingerprint density at radius 2 is 1.83 bits per heavy atom. The SMILES string of the molecule is Cc1nc(OCCNS(=O)(=O)c2ccccc2C(F)(F)F)cc(N2CCCCC2)n1. The molecule has 0 spiro atoms. The number of rotatable bonds is 7. The molecule has 1 aromatic carbocycles. The summed E-state index contributed by atoms with van der Waals surface area (Å²) < 4.78 is 71.6. The fourth-order valence-electron chi connectivity index (χ4n) is 3.23. The number of aryl methyl sites for hydroxylation is 1. The molecule has 1 N–H and O–H groups in total. The third kappa shape index (κ3) is 5.60. The summed E-state index contributed by atoms with van der Waals surface area (Å²) in [6.45, 7) is 3.22. The van der Waals surface area contributed by atoms with E-state index in [0.29, 0.717) is 5.82 Å². The van der Waals surface area contributed by atoms with E-state index in [4.69, 9.17) is 4.74 Å². The molecular formula is C19H23F3N4O3S. The van der Waals surface area contributed by atoms with Crippen molar-refractivity contribution in [2.75, 3.05) is 31.1 Å². The van der Waals surface area contributed by atoms with E-state index in [2.05, 4.69) is 19.6 Å². The molecule has 0 unspecified atom stereocenters. The molecule has 3 rings (SSSR count). The Labute approximate surface area is 173 Å². The van der Waals surface area contributed by atoms with Crippen molar-refractivity contribution in [3.8, 4) is 5.88 Å². The largest absolute Gasteiger partial charge is 0.476 e. The number of nitrogens with zero attached hydrogens (tertiary/aromatic N) is 3. The molecule has 0 saturated carbocycles. The molecule has 1 aliphatic heterocycles. The minimum atomic E-state index is -4.77. The Hall–Kier alpha value is -2.40. The Morgan fingerprint density at radius 1 is 1.13 bits per heavy atom. The molecule has 0 amide bonds. The Balaban J connectivity index is 1.62. The molecule has 2 heterocycles. The van der Waals surface area contributed by atoms with Gasteiger partial charge in [0.15, 0.2) is 0 Å². The van der Waals surface area contributed by atoms with Crippen molar-refractivity contribution in [3.63, 3.8) is 0 Å². The second-order valence-corrected chi connectivity index (χ2v) is 8.63. The van der Waals surface area contributed by atoms with Crippen LogP contribution in [0.25, 0.3) is 0 Å². The average molecular weight is 444 g/mol. The van der Waals surface area contributed by atoms with Gasteiger partial charge in [0.2, 0.25) is 15.9 Å². The third-order valence-electron chi connectivity index (χ3n) is 4.61. The topological polar surface area (TPSA) is 84.4 Å². The first kappa shape index (κ1) is 22.3. The van der Waals surface area contributed by atoms with Gasteiger partial charge in [-0.2, -0.15) is 18.2 Å². The number of hydrogen-bond acceptors (Lipinski definition) is 6. The highest BCUT2D eigenvalue weighted by Crippen LogP contribution is 2.33. The molecule has 0 aliphatic carbocycles. The van der Waals surface area contributed by atoms with Gasteiger partial charge in [0, 0.05) is 25.7 Å². The predicted molar refractivity (Wildman–Crippen MR) is 105 cm³/mol. The van der Waals surface area contributed by atoms with Gasteiger partial charge in [-0.3, -0.25) is 0 Å². The molecular weight excluding hydrogens is 421 g/mol. The fraction of sp³-hybridized carbons (Fsp3) is 0.474. The number of halogens is 3. The molecule has 1 saturated heterocycles. The number of benzene rings is 1. The third-order valence-corrected chi connectivity index (χ3v) is 6.13. The molecule has 0 bridgehead atoms. The zero-order valence-electron chi connectivity index (χ0n) is 16.4. The van der Waals surface area contributed by atoms with Gasteiger partial charge in [-0.05, 0) is 38.3 Å². The quantitative estimate of drug-likeness (QED) is 0.661. The van der Waals surface area contributed by atoms with Gasteiger partial charge >= 0.3 is 6.18 Å². The van der Waals surface area contributed by atoms with E-state index in [1.165, 1.54) is 12.5 Å². The van der Waals surface area contributed by atoms with Crippen molar-refractivity contribution >= 4 is 15.8 Å². The van der Waals surface area contributed by atoms with Gasteiger partial charge in [0.25, 0.3) is 0 Å². The maximum atomic E-state index is 13.1. The first-order valence-corrected chi connectivity index (χ1v) is 11.0. The summed E-state index contributed by atoms with van der Waals surface area (Å²) in [6.07, 6.45) is -1.42. The van der Waals surface area contributed by atoms with Crippen LogP contribution in [0.1, 0.15) is 30.7 Å². The summed E-state index contributed by atoms with van der Waals surface area (Å²) in [7, 11) is -4.35. The van der Waals surface area contributed by atoms with Crippen LogP contribution >= 0.6 is 0 Å². The van der Waals surface area contributed by atoms with E-state index in [1.807, 2.05) is 0 Å². The normalized spacial score (nSPS) is 15.3. The maximum absolute atomic E-state index is 13.1. The summed E-state index contributed by atoms with van der Waals surface area (Å²) in [4.78, 5) is 9.92. The molecule has 1 aromatic heterocycles. The average Bonchev–Trinajstić information content (AvgIpc) is 2.71. The molecule has 0 atom stereocenters. The first-order valence-electron chi connectivity index (χ1n) is 9.56. The van der Waals surface area contributed by atoms with Crippen LogP contribution in [0, 0.1) is 6.92 Å².